The molecule has 78 valence electrons. The molecule has 0 aliphatic carbocycles. The van der Waals surface area contributed by atoms with E-state index in [9.17, 15) is 9.59 Å². The van der Waals surface area contributed by atoms with Crippen LogP contribution in [-0.2, 0) is 4.79 Å². The van der Waals surface area contributed by atoms with Gasteiger partial charge in [0.2, 0.25) is 0 Å². The number of hydrogen-bond donors (Lipinski definition) is 2. The number of hydrogen-bond acceptors (Lipinski definition) is 3. The Hall–Kier alpha value is -1.84. The van der Waals surface area contributed by atoms with E-state index in [4.69, 9.17) is 5.11 Å². The number of anilines is 1. The molecule has 0 aromatic heterocycles. The Labute approximate surface area is 86.9 Å². The zero-order valence-electron chi connectivity index (χ0n) is 8.28. The van der Waals surface area contributed by atoms with Crippen molar-refractivity contribution in [2.75, 3.05) is 11.9 Å². The summed E-state index contributed by atoms with van der Waals surface area (Å²) in [6, 6.07) is 5.44. The molecule has 2 N–H and O–H groups in total. The van der Waals surface area contributed by atoms with Crippen molar-refractivity contribution < 1.29 is 14.7 Å². The molecular weight excluding hydrogens is 194 g/mol. The van der Waals surface area contributed by atoms with Gasteiger partial charge in [-0.2, -0.15) is 0 Å². The van der Waals surface area contributed by atoms with E-state index < -0.39 is 11.9 Å². The molecule has 1 aromatic rings. The lowest BCUT2D eigenvalue weighted by Crippen LogP contribution is -2.35. The van der Waals surface area contributed by atoms with Crippen molar-refractivity contribution >= 4 is 17.4 Å². The van der Waals surface area contributed by atoms with Gasteiger partial charge in [-0.3, -0.25) is 9.59 Å². The summed E-state index contributed by atoms with van der Waals surface area (Å²) in [6.45, 7) is 1.98. The van der Waals surface area contributed by atoms with Gasteiger partial charge in [0, 0.05) is 17.8 Å². The van der Waals surface area contributed by atoms with Gasteiger partial charge >= 0.3 is 5.97 Å². The molecule has 0 saturated carbocycles. The number of Topliss-reactive ketones (excluding diaryl/α,β-unsaturated/α-hetero) is 1. The molecule has 0 spiro atoms. The molecule has 2 rings (SSSR count). The normalized spacial score (nSPS) is 19.3. The average molecular weight is 205 g/mol. The van der Waals surface area contributed by atoms with E-state index in [0.717, 1.165) is 11.3 Å². The van der Waals surface area contributed by atoms with Crippen LogP contribution in [0.1, 0.15) is 15.9 Å². The average Bonchev–Trinajstić information content (AvgIpc) is 2.17. The van der Waals surface area contributed by atoms with Crippen LogP contribution in [0.2, 0.25) is 0 Å². The summed E-state index contributed by atoms with van der Waals surface area (Å²) < 4.78 is 0. The Balaban J connectivity index is 2.50. The zero-order valence-corrected chi connectivity index (χ0v) is 8.28. The Bertz CT molecular complexity index is 439. The third kappa shape index (κ3) is 1.48. The highest BCUT2D eigenvalue weighted by molar-refractivity contribution is 6.13. The highest BCUT2D eigenvalue weighted by Crippen LogP contribution is 2.27. The van der Waals surface area contributed by atoms with Crippen LogP contribution >= 0.6 is 0 Å². The lowest BCUT2D eigenvalue weighted by atomic mass is 9.90. The molecule has 4 nitrogen and oxygen atoms in total. The van der Waals surface area contributed by atoms with Gasteiger partial charge in [-0.25, -0.2) is 0 Å². The Morgan fingerprint density at radius 1 is 1.53 bits per heavy atom. The molecule has 0 radical (unpaired) electrons. The van der Waals surface area contributed by atoms with E-state index in [-0.39, 0.29) is 12.3 Å². The number of fused-ring (bicyclic) bond motifs is 1. The van der Waals surface area contributed by atoms with Crippen LogP contribution in [0, 0.1) is 12.8 Å². The van der Waals surface area contributed by atoms with Crippen molar-refractivity contribution in [2.45, 2.75) is 6.92 Å². The maximum atomic E-state index is 11.9. The number of aliphatic carboxylic acids is 1. The van der Waals surface area contributed by atoms with Crippen molar-refractivity contribution in [3.63, 3.8) is 0 Å². The van der Waals surface area contributed by atoms with Gasteiger partial charge in [-0.15, -0.1) is 0 Å². The number of rotatable bonds is 1. The summed E-state index contributed by atoms with van der Waals surface area (Å²) in [6.07, 6.45) is 0. The number of aryl methyl sites for hydroxylation is 1. The minimum Gasteiger partial charge on any atom is -0.481 e. The molecule has 1 aliphatic rings. The van der Waals surface area contributed by atoms with E-state index in [1.165, 1.54) is 0 Å². The maximum Gasteiger partial charge on any atom is 0.316 e. The van der Waals surface area contributed by atoms with Gasteiger partial charge in [0.15, 0.2) is 5.78 Å². The molecule has 0 fully saturated rings. The number of nitrogens with one attached hydrogen (secondary N) is 1. The van der Waals surface area contributed by atoms with Gasteiger partial charge in [0.25, 0.3) is 0 Å². The lowest BCUT2D eigenvalue weighted by Gasteiger charge is -2.23. The van der Waals surface area contributed by atoms with Crippen LogP contribution in [0.5, 0.6) is 0 Å². The second-order valence-corrected chi connectivity index (χ2v) is 3.63. The van der Waals surface area contributed by atoms with Crippen molar-refractivity contribution in [2.24, 2.45) is 5.92 Å². The number of ketones is 1. The van der Waals surface area contributed by atoms with Crippen LogP contribution in [0.15, 0.2) is 18.2 Å². The maximum absolute atomic E-state index is 11.9. The fraction of sp³-hybridized carbons (Fsp3) is 0.273. The van der Waals surface area contributed by atoms with Crippen molar-refractivity contribution in [1.29, 1.82) is 0 Å². The summed E-state index contributed by atoms with van der Waals surface area (Å²) in [5.74, 6) is -2.32. The summed E-state index contributed by atoms with van der Waals surface area (Å²) in [4.78, 5) is 22.7. The highest BCUT2D eigenvalue weighted by Gasteiger charge is 2.33. The molecule has 0 bridgehead atoms. The first-order valence-electron chi connectivity index (χ1n) is 4.72. The van der Waals surface area contributed by atoms with E-state index in [1.54, 1.807) is 6.07 Å². The summed E-state index contributed by atoms with van der Waals surface area (Å²) >= 11 is 0. The van der Waals surface area contributed by atoms with Crippen molar-refractivity contribution in [1.82, 2.24) is 0 Å². The van der Waals surface area contributed by atoms with Crippen LogP contribution in [0.25, 0.3) is 0 Å². The van der Waals surface area contributed by atoms with Crippen LogP contribution < -0.4 is 5.32 Å². The predicted molar refractivity (Wildman–Crippen MR) is 55.1 cm³/mol. The number of carbonyl (C=O) groups excluding carboxylic acids is 1. The predicted octanol–water partition coefficient (Wildman–Crippen LogP) is 1.30. The molecule has 1 unspecified atom stereocenters. The summed E-state index contributed by atoms with van der Waals surface area (Å²) in [7, 11) is 0. The second kappa shape index (κ2) is 3.38. The smallest absolute Gasteiger partial charge is 0.316 e. The van der Waals surface area contributed by atoms with Gasteiger partial charge in [0.05, 0.1) is 0 Å². The van der Waals surface area contributed by atoms with Crippen LogP contribution in [-0.4, -0.2) is 23.4 Å². The quantitative estimate of drug-likeness (QED) is 0.678. The SMILES string of the molecule is Cc1cccc2c1C(=O)C(C(=O)O)CN2. The van der Waals surface area contributed by atoms with Crippen molar-refractivity contribution in [3.8, 4) is 0 Å². The first-order valence-corrected chi connectivity index (χ1v) is 4.72. The number of benzene rings is 1. The summed E-state index contributed by atoms with van der Waals surface area (Å²) in [5.41, 5.74) is 2.06. The van der Waals surface area contributed by atoms with Gasteiger partial charge in [-0.1, -0.05) is 12.1 Å². The van der Waals surface area contributed by atoms with Crippen LogP contribution in [0.4, 0.5) is 5.69 Å². The van der Waals surface area contributed by atoms with E-state index in [1.807, 2.05) is 19.1 Å². The zero-order chi connectivity index (χ0) is 11.0. The fourth-order valence-corrected chi connectivity index (χ4v) is 1.82. The van der Waals surface area contributed by atoms with Gasteiger partial charge in [-0.05, 0) is 18.6 Å². The fourth-order valence-electron chi connectivity index (χ4n) is 1.82. The Morgan fingerprint density at radius 2 is 2.27 bits per heavy atom. The third-order valence-electron chi connectivity index (χ3n) is 2.63. The number of carboxylic acid groups (broad SMARTS) is 1. The highest BCUT2D eigenvalue weighted by atomic mass is 16.4. The molecule has 1 aliphatic heterocycles. The van der Waals surface area contributed by atoms with Gasteiger partial charge < -0.3 is 10.4 Å². The van der Waals surface area contributed by atoms with Crippen LogP contribution in [0.3, 0.4) is 0 Å². The second-order valence-electron chi connectivity index (χ2n) is 3.63. The topological polar surface area (TPSA) is 66.4 Å². The molecular formula is C11H11NO3. The monoisotopic (exact) mass is 205 g/mol. The minimum absolute atomic E-state index is 0.171. The van der Waals surface area contributed by atoms with E-state index in [2.05, 4.69) is 5.32 Å². The first-order chi connectivity index (χ1) is 7.11. The molecule has 4 heteroatoms. The number of carbonyl (C=O) groups is 2. The van der Waals surface area contributed by atoms with Crippen molar-refractivity contribution in [3.05, 3.63) is 29.3 Å². The molecule has 1 atom stereocenters. The Kier molecular flexibility index (Phi) is 2.19. The third-order valence-corrected chi connectivity index (χ3v) is 2.63. The largest absolute Gasteiger partial charge is 0.481 e. The molecule has 1 heterocycles. The standard InChI is InChI=1S/C11H11NO3/c1-6-3-2-4-8-9(6)10(13)7(5-12-8)11(14)15/h2-4,7,12H,5H2,1H3,(H,14,15). The molecule has 0 amide bonds. The van der Waals surface area contributed by atoms with E-state index >= 15 is 0 Å². The molecule has 0 saturated heterocycles. The first kappa shape index (κ1) is 9.71. The van der Waals surface area contributed by atoms with Gasteiger partial charge in [0.1, 0.15) is 5.92 Å². The minimum atomic E-state index is -1.07. The molecule has 1 aromatic carbocycles. The lowest BCUT2D eigenvalue weighted by molar-refractivity contribution is -0.139. The Morgan fingerprint density at radius 3 is 2.93 bits per heavy atom. The number of carboxylic acids is 1. The molecule has 15 heavy (non-hydrogen) atoms. The summed E-state index contributed by atoms with van der Waals surface area (Å²) in [5, 5.41) is 11.8. The van der Waals surface area contributed by atoms with E-state index in [0.29, 0.717) is 5.56 Å².